The van der Waals surface area contributed by atoms with Crippen molar-refractivity contribution in [1.82, 2.24) is 10.2 Å². The minimum atomic E-state index is -0.0419. The molecule has 0 bridgehead atoms. The van der Waals surface area contributed by atoms with Crippen LogP contribution >= 0.6 is 0 Å². The van der Waals surface area contributed by atoms with Crippen LogP contribution in [0.3, 0.4) is 0 Å². The summed E-state index contributed by atoms with van der Waals surface area (Å²) in [6.45, 7) is 7.34. The second-order valence-corrected chi connectivity index (χ2v) is 5.33. The molecular weight excluding hydrogens is 256 g/mol. The van der Waals surface area contributed by atoms with Crippen molar-refractivity contribution in [1.29, 1.82) is 0 Å². The van der Waals surface area contributed by atoms with Crippen LogP contribution in [0.4, 0.5) is 0 Å². The standard InChI is InChI=1S/C15H26N2O3/c1-4-5-6-14(18)16-13-7-9-17(10-8-13)15(19)11-20-12(2)3/h5-6,12-13H,4,7-11H2,1-3H3,(H,16,18)/b6-5+. The molecule has 5 nitrogen and oxygen atoms in total. The van der Waals surface area contributed by atoms with Crippen molar-refractivity contribution in [3.05, 3.63) is 12.2 Å². The average Bonchev–Trinajstić information content (AvgIpc) is 2.43. The van der Waals surface area contributed by atoms with Crippen molar-refractivity contribution in [3.8, 4) is 0 Å². The lowest BCUT2D eigenvalue weighted by atomic mass is 10.0. The molecule has 0 aromatic rings. The molecular formula is C15H26N2O3. The van der Waals surface area contributed by atoms with Crippen LogP contribution in [-0.2, 0) is 14.3 Å². The smallest absolute Gasteiger partial charge is 0.248 e. The molecule has 1 rings (SSSR count). The summed E-state index contributed by atoms with van der Waals surface area (Å²) in [5.41, 5.74) is 0. The normalized spacial score (nSPS) is 16.9. The summed E-state index contributed by atoms with van der Waals surface area (Å²) in [6, 6.07) is 0.166. The molecule has 1 aliphatic rings. The molecule has 1 heterocycles. The summed E-state index contributed by atoms with van der Waals surface area (Å²) >= 11 is 0. The molecule has 2 amide bonds. The molecule has 0 aromatic heterocycles. The van der Waals surface area contributed by atoms with E-state index in [0.717, 1.165) is 19.3 Å². The van der Waals surface area contributed by atoms with Crippen molar-refractivity contribution < 1.29 is 14.3 Å². The number of nitrogens with one attached hydrogen (secondary N) is 1. The lowest BCUT2D eigenvalue weighted by Crippen LogP contribution is -2.47. The first-order chi connectivity index (χ1) is 9.52. The maximum absolute atomic E-state index is 11.9. The van der Waals surface area contributed by atoms with Gasteiger partial charge in [0.25, 0.3) is 0 Å². The number of carbonyl (C=O) groups is 2. The van der Waals surface area contributed by atoms with Crippen molar-refractivity contribution in [3.63, 3.8) is 0 Å². The maximum Gasteiger partial charge on any atom is 0.248 e. The van der Waals surface area contributed by atoms with Crippen molar-refractivity contribution in [2.24, 2.45) is 0 Å². The van der Waals surface area contributed by atoms with Gasteiger partial charge in [0, 0.05) is 19.1 Å². The zero-order chi connectivity index (χ0) is 15.0. The van der Waals surface area contributed by atoms with Gasteiger partial charge in [0.1, 0.15) is 6.61 Å². The topological polar surface area (TPSA) is 58.6 Å². The Labute approximate surface area is 121 Å². The van der Waals surface area contributed by atoms with E-state index in [-0.39, 0.29) is 30.6 Å². The van der Waals surface area contributed by atoms with Gasteiger partial charge in [-0.05, 0) is 39.2 Å². The Bertz CT molecular complexity index is 345. The van der Waals surface area contributed by atoms with Crippen LogP contribution in [0.5, 0.6) is 0 Å². The molecule has 0 spiro atoms. The van der Waals surface area contributed by atoms with Gasteiger partial charge in [-0.2, -0.15) is 0 Å². The van der Waals surface area contributed by atoms with E-state index in [4.69, 9.17) is 4.74 Å². The molecule has 1 saturated heterocycles. The zero-order valence-electron chi connectivity index (χ0n) is 12.7. The highest BCUT2D eigenvalue weighted by Gasteiger charge is 2.23. The molecule has 0 aliphatic carbocycles. The SMILES string of the molecule is CC/C=C/C(=O)NC1CCN(C(=O)COC(C)C)CC1. The summed E-state index contributed by atoms with van der Waals surface area (Å²) < 4.78 is 5.32. The quantitative estimate of drug-likeness (QED) is 0.751. The van der Waals surface area contributed by atoms with Gasteiger partial charge < -0.3 is 15.0 Å². The van der Waals surface area contributed by atoms with Gasteiger partial charge in [0.05, 0.1) is 6.10 Å². The summed E-state index contributed by atoms with van der Waals surface area (Å²) in [5, 5.41) is 2.97. The molecule has 0 aromatic carbocycles. The van der Waals surface area contributed by atoms with Gasteiger partial charge in [0.2, 0.25) is 11.8 Å². The molecule has 0 radical (unpaired) electrons. The Kier molecular flexibility index (Phi) is 7.30. The summed E-state index contributed by atoms with van der Waals surface area (Å²) in [7, 11) is 0. The average molecular weight is 282 g/mol. The van der Waals surface area contributed by atoms with E-state index in [1.165, 1.54) is 0 Å². The highest BCUT2D eigenvalue weighted by atomic mass is 16.5. The molecule has 0 unspecified atom stereocenters. The third-order valence-corrected chi connectivity index (χ3v) is 3.24. The Hall–Kier alpha value is -1.36. The number of amides is 2. The summed E-state index contributed by atoms with van der Waals surface area (Å²) in [4.78, 5) is 25.3. The second kappa shape index (κ2) is 8.74. The minimum absolute atomic E-state index is 0.0364. The van der Waals surface area contributed by atoms with Crippen LogP contribution in [0.15, 0.2) is 12.2 Å². The number of rotatable bonds is 6. The number of likely N-dealkylation sites (tertiary alicyclic amines) is 1. The largest absolute Gasteiger partial charge is 0.369 e. The summed E-state index contributed by atoms with van der Waals surface area (Å²) in [6.07, 6.45) is 5.96. The van der Waals surface area contributed by atoms with E-state index >= 15 is 0 Å². The third-order valence-electron chi connectivity index (χ3n) is 3.24. The number of carbonyl (C=O) groups excluding carboxylic acids is 2. The lowest BCUT2D eigenvalue weighted by Gasteiger charge is -2.32. The Morgan fingerprint density at radius 2 is 2.00 bits per heavy atom. The minimum Gasteiger partial charge on any atom is -0.369 e. The number of allylic oxidation sites excluding steroid dienone is 1. The monoisotopic (exact) mass is 282 g/mol. The number of hydrogen-bond acceptors (Lipinski definition) is 3. The van der Waals surface area contributed by atoms with Gasteiger partial charge in [-0.3, -0.25) is 9.59 Å². The zero-order valence-corrected chi connectivity index (χ0v) is 12.7. The predicted molar refractivity (Wildman–Crippen MR) is 78.3 cm³/mol. The van der Waals surface area contributed by atoms with E-state index in [9.17, 15) is 9.59 Å². The van der Waals surface area contributed by atoms with Gasteiger partial charge in [0.15, 0.2) is 0 Å². The highest BCUT2D eigenvalue weighted by Crippen LogP contribution is 2.11. The van der Waals surface area contributed by atoms with Gasteiger partial charge >= 0.3 is 0 Å². The molecule has 0 saturated carbocycles. The van der Waals surface area contributed by atoms with Crippen LogP contribution in [-0.4, -0.2) is 48.6 Å². The Balaban J connectivity index is 2.27. The van der Waals surface area contributed by atoms with E-state index in [1.54, 1.807) is 6.08 Å². The van der Waals surface area contributed by atoms with Gasteiger partial charge in [-0.1, -0.05) is 13.0 Å². The fourth-order valence-electron chi connectivity index (χ4n) is 2.08. The third kappa shape index (κ3) is 6.19. The van der Waals surface area contributed by atoms with E-state index < -0.39 is 0 Å². The van der Waals surface area contributed by atoms with Crippen LogP contribution in [0.2, 0.25) is 0 Å². The Morgan fingerprint density at radius 3 is 2.55 bits per heavy atom. The molecule has 1 aliphatic heterocycles. The molecule has 5 heteroatoms. The fourth-order valence-corrected chi connectivity index (χ4v) is 2.08. The van der Waals surface area contributed by atoms with Crippen molar-refractivity contribution >= 4 is 11.8 Å². The first kappa shape index (κ1) is 16.7. The fraction of sp³-hybridized carbons (Fsp3) is 0.733. The molecule has 1 N–H and O–H groups in total. The first-order valence-corrected chi connectivity index (χ1v) is 7.39. The maximum atomic E-state index is 11.9. The van der Waals surface area contributed by atoms with E-state index in [0.29, 0.717) is 13.1 Å². The van der Waals surface area contributed by atoms with E-state index in [1.807, 2.05) is 31.7 Å². The summed E-state index contributed by atoms with van der Waals surface area (Å²) in [5.74, 6) is -0.00544. The van der Waals surface area contributed by atoms with Crippen molar-refractivity contribution in [2.45, 2.75) is 52.2 Å². The molecule has 0 atom stereocenters. The second-order valence-electron chi connectivity index (χ2n) is 5.33. The number of piperidine rings is 1. The van der Waals surface area contributed by atoms with Gasteiger partial charge in [-0.15, -0.1) is 0 Å². The molecule has 114 valence electrons. The number of hydrogen-bond donors (Lipinski definition) is 1. The molecule has 20 heavy (non-hydrogen) atoms. The van der Waals surface area contributed by atoms with Crippen LogP contribution in [0, 0.1) is 0 Å². The Morgan fingerprint density at radius 1 is 1.35 bits per heavy atom. The first-order valence-electron chi connectivity index (χ1n) is 7.39. The van der Waals surface area contributed by atoms with Crippen LogP contribution in [0.25, 0.3) is 0 Å². The highest BCUT2D eigenvalue weighted by molar-refractivity contribution is 5.87. The van der Waals surface area contributed by atoms with Crippen LogP contribution in [0.1, 0.15) is 40.0 Å². The van der Waals surface area contributed by atoms with Crippen molar-refractivity contribution in [2.75, 3.05) is 19.7 Å². The number of ether oxygens (including phenoxy) is 1. The van der Waals surface area contributed by atoms with E-state index in [2.05, 4.69) is 5.32 Å². The lowest BCUT2D eigenvalue weighted by molar-refractivity contribution is -0.138. The predicted octanol–water partition coefficient (Wildman–Crippen LogP) is 1.48. The number of nitrogens with zero attached hydrogens (tertiary/aromatic N) is 1. The molecule has 1 fully saturated rings. The van der Waals surface area contributed by atoms with Gasteiger partial charge in [-0.25, -0.2) is 0 Å². The van der Waals surface area contributed by atoms with Crippen LogP contribution < -0.4 is 5.32 Å².